The Morgan fingerprint density at radius 1 is 1.12 bits per heavy atom. The molecule has 0 saturated carbocycles. The number of phenols is 1. The van der Waals surface area contributed by atoms with Crippen LogP contribution in [0.3, 0.4) is 0 Å². The summed E-state index contributed by atoms with van der Waals surface area (Å²) < 4.78 is 28.4. The minimum Gasteiger partial charge on any atom is -0.508 e. The van der Waals surface area contributed by atoms with Gasteiger partial charge in [-0.1, -0.05) is 35.9 Å². The highest BCUT2D eigenvalue weighted by Gasteiger charge is 2.34. The number of piperazine rings is 1. The molecule has 7 rings (SSSR count). The number of fused-ring (bicyclic) bond motifs is 4. The number of nitrogens with one attached hydrogen (secondary N) is 1. The Kier molecular flexibility index (Phi) is 6.62. The molecule has 3 saturated heterocycles. The molecule has 3 aliphatic heterocycles. The highest BCUT2D eigenvalue weighted by Crippen LogP contribution is 2.42. The molecule has 1 aromatic heterocycles. The summed E-state index contributed by atoms with van der Waals surface area (Å²) in [5.74, 6) is 0.0921. The van der Waals surface area contributed by atoms with Gasteiger partial charge in [-0.3, -0.25) is 4.90 Å². The molecule has 4 heterocycles. The third-order valence-corrected chi connectivity index (χ3v) is 8.70. The number of aromatic hydroxyl groups is 1. The summed E-state index contributed by atoms with van der Waals surface area (Å²) in [5, 5.41) is 16.4. The molecule has 2 N–H and O–H groups in total. The molecule has 40 heavy (non-hydrogen) atoms. The van der Waals surface area contributed by atoms with Gasteiger partial charge in [-0.05, 0) is 54.4 Å². The molecule has 0 spiro atoms. The maximum absolute atomic E-state index is 16.7. The van der Waals surface area contributed by atoms with Crippen molar-refractivity contribution in [2.75, 3.05) is 51.4 Å². The van der Waals surface area contributed by atoms with Crippen molar-refractivity contribution in [3.63, 3.8) is 0 Å². The number of anilines is 1. The molecular weight excluding hydrogens is 533 g/mol. The molecule has 3 aliphatic rings. The maximum atomic E-state index is 16.7. The minimum atomic E-state index is -0.567. The standard InChI is InChI=1S/C30H31ClFN5O3/c1-36-8-9-39-15-20(36)16-40-30-34-28-24(29(35-30)37-13-18-6-7-19(14-37)33-18)12-25(31)26(27(28)32)23-11-21(38)10-17-4-2-3-5-22(17)23/h2-5,10-12,18-20,33,38H,6-9,13-16H2,1H3/t18?,19?,20-/m0/s1. The molecule has 10 heteroatoms. The van der Waals surface area contributed by atoms with Gasteiger partial charge in [0, 0.05) is 42.7 Å². The van der Waals surface area contributed by atoms with Crippen LogP contribution in [0.1, 0.15) is 12.8 Å². The first-order valence-corrected chi connectivity index (χ1v) is 14.2. The van der Waals surface area contributed by atoms with Crippen molar-refractivity contribution in [1.82, 2.24) is 20.2 Å². The van der Waals surface area contributed by atoms with Gasteiger partial charge >= 0.3 is 6.01 Å². The molecule has 8 nitrogen and oxygen atoms in total. The number of benzene rings is 3. The number of aromatic nitrogens is 2. The van der Waals surface area contributed by atoms with Crippen LogP contribution in [0, 0.1) is 5.82 Å². The number of hydrogen-bond donors (Lipinski definition) is 2. The third kappa shape index (κ3) is 4.60. The Hall–Kier alpha value is -3.24. The van der Waals surface area contributed by atoms with Crippen LogP contribution in [0.4, 0.5) is 10.2 Å². The van der Waals surface area contributed by atoms with E-state index in [0.717, 1.165) is 43.2 Å². The zero-order chi connectivity index (χ0) is 27.4. The maximum Gasteiger partial charge on any atom is 0.319 e. The predicted octanol–water partition coefficient (Wildman–Crippen LogP) is 4.60. The van der Waals surface area contributed by atoms with E-state index in [4.69, 9.17) is 26.1 Å². The van der Waals surface area contributed by atoms with Crippen molar-refractivity contribution in [2.45, 2.75) is 31.0 Å². The summed E-state index contributed by atoms with van der Waals surface area (Å²) in [6.07, 6.45) is 2.21. The first kappa shape index (κ1) is 25.7. The number of morpholine rings is 1. The van der Waals surface area contributed by atoms with Gasteiger partial charge in [0.25, 0.3) is 0 Å². The van der Waals surface area contributed by atoms with Gasteiger partial charge in [-0.15, -0.1) is 0 Å². The molecule has 4 aromatic rings. The molecule has 2 unspecified atom stereocenters. The molecule has 2 bridgehead atoms. The van der Waals surface area contributed by atoms with Gasteiger partial charge < -0.3 is 24.8 Å². The first-order valence-electron chi connectivity index (χ1n) is 13.8. The highest BCUT2D eigenvalue weighted by atomic mass is 35.5. The summed E-state index contributed by atoms with van der Waals surface area (Å²) in [6.45, 7) is 3.91. The summed E-state index contributed by atoms with van der Waals surface area (Å²) in [7, 11) is 2.03. The van der Waals surface area contributed by atoms with Crippen molar-refractivity contribution in [3.05, 3.63) is 53.3 Å². The minimum absolute atomic E-state index is 0.0341. The van der Waals surface area contributed by atoms with Gasteiger partial charge in [0.05, 0.1) is 24.3 Å². The smallest absolute Gasteiger partial charge is 0.319 e. The summed E-state index contributed by atoms with van der Waals surface area (Å²) in [6, 6.07) is 13.4. The molecule has 0 radical (unpaired) electrons. The van der Waals surface area contributed by atoms with Crippen LogP contribution in [0.2, 0.25) is 5.02 Å². The number of hydrogen-bond acceptors (Lipinski definition) is 8. The lowest BCUT2D eigenvalue weighted by Crippen LogP contribution is -2.51. The molecule has 208 valence electrons. The Bertz CT molecular complexity index is 1590. The van der Waals surface area contributed by atoms with Crippen molar-refractivity contribution in [1.29, 1.82) is 0 Å². The molecular formula is C30H31ClFN5O3. The van der Waals surface area contributed by atoms with E-state index in [9.17, 15) is 5.11 Å². The molecule has 0 aliphatic carbocycles. The quantitative estimate of drug-likeness (QED) is 0.365. The molecule has 3 fully saturated rings. The number of halogens is 2. The van der Waals surface area contributed by atoms with Crippen LogP contribution in [0.15, 0.2) is 42.5 Å². The second-order valence-corrected chi connectivity index (χ2v) is 11.5. The molecule has 3 aromatic carbocycles. The number of rotatable bonds is 5. The van der Waals surface area contributed by atoms with E-state index in [-0.39, 0.29) is 33.9 Å². The fourth-order valence-corrected chi connectivity index (χ4v) is 6.56. The number of likely N-dealkylation sites (N-methyl/N-ethyl adjacent to an activating group) is 1. The summed E-state index contributed by atoms with van der Waals surface area (Å²) >= 11 is 6.84. The van der Waals surface area contributed by atoms with Gasteiger partial charge in [0.1, 0.15) is 23.7 Å². The number of phenolic OH excluding ortho intramolecular Hbond substituents is 1. The van der Waals surface area contributed by atoms with Crippen molar-refractivity contribution >= 4 is 39.1 Å². The Labute approximate surface area is 236 Å². The van der Waals surface area contributed by atoms with E-state index in [2.05, 4.69) is 20.1 Å². The fourth-order valence-electron chi connectivity index (χ4n) is 6.27. The average molecular weight is 564 g/mol. The Morgan fingerprint density at radius 2 is 1.93 bits per heavy atom. The molecule has 0 amide bonds. The van der Waals surface area contributed by atoms with Crippen LogP contribution in [0.5, 0.6) is 11.8 Å². The zero-order valence-corrected chi connectivity index (χ0v) is 23.0. The lowest BCUT2D eigenvalue weighted by molar-refractivity contribution is -0.0119. The third-order valence-electron chi connectivity index (χ3n) is 8.40. The number of ether oxygens (including phenoxy) is 2. The summed E-state index contributed by atoms with van der Waals surface area (Å²) in [4.78, 5) is 13.8. The van der Waals surface area contributed by atoms with Crippen LogP contribution in [-0.2, 0) is 4.74 Å². The SMILES string of the molecule is CN1CCOC[C@H]1COc1nc(N2CC3CCC(C2)N3)c2cc(Cl)c(-c3cc(O)cc4ccccc34)c(F)c2n1. The van der Waals surface area contributed by atoms with E-state index in [1.54, 1.807) is 18.2 Å². The lowest BCUT2D eigenvalue weighted by atomic mass is 9.96. The van der Waals surface area contributed by atoms with Crippen LogP contribution in [-0.4, -0.2) is 84.6 Å². The monoisotopic (exact) mass is 563 g/mol. The Morgan fingerprint density at radius 3 is 2.73 bits per heavy atom. The van der Waals surface area contributed by atoms with Crippen LogP contribution < -0.4 is 15.0 Å². The van der Waals surface area contributed by atoms with Gasteiger partial charge in [0.15, 0.2) is 5.82 Å². The van der Waals surface area contributed by atoms with E-state index >= 15 is 4.39 Å². The van der Waals surface area contributed by atoms with E-state index in [0.29, 0.717) is 48.7 Å². The first-order chi connectivity index (χ1) is 19.4. The second-order valence-electron chi connectivity index (χ2n) is 11.1. The fraction of sp³-hybridized carbons (Fsp3) is 0.400. The molecule has 3 atom stereocenters. The van der Waals surface area contributed by atoms with Gasteiger partial charge in [-0.2, -0.15) is 9.97 Å². The average Bonchev–Trinajstić information content (AvgIpc) is 3.29. The van der Waals surface area contributed by atoms with Crippen molar-refractivity contribution in [2.24, 2.45) is 0 Å². The number of nitrogens with zero attached hydrogens (tertiary/aromatic N) is 4. The highest BCUT2D eigenvalue weighted by molar-refractivity contribution is 6.35. The van der Waals surface area contributed by atoms with Crippen LogP contribution in [0.25, 0.3) is 32.8 Å². The summed E-state index contributed by atoms with van der Waals surface area (Å²) in [5.41, 5.74) is 0.840. The van der Waals surface area contributed by atoms with E-state index < -0.39 is 5.82 Å². The zero-order valence-electron chi connectivity index (χ0n) is 22.2. The van der Waals surface area contributed by atoms with Gasteiger partial charge in [0.2, 0.25) is 0 Å². The van der Waals surface area contributed by atoms with E-state index in [1.807, 2.05) is 31.3 Å². The van der Waals surface area contributed by atoms with Crippen molar-refractivity contribution < 1.29 is 19.0 Å². The predicted molar refractivity (Wildman–Crippen MR) is 154 cm³/mol. The topological polar surface area (TPSA) is 83.0 Å². The largest absolute Gasteiger partial charge is 0.508 e. The van der Waals surface area contributed by atoms with Crippen molar-refractivity contribution in [3.8, 4) is 22.9 Å². The van der Waals surface area contributed by atoms with E-state index in [1.165, 1.54) is 0 Å². The van der Waals surface area contributed by atoms with Gasteiger partial charge in [-0.25, -0.2) is 4.39 Å². The lowest BCUT2D eigenvalue weighted by Gasteiger charge is -2.34. The Balaban J connectivity index is 1.37. The van der Waals surface area contributed by atoms with Crippen LogP contribution >= 0.6 is 11.6 Å². The normalized spacial score (nSPS) is 23.3. The second kappa shape index (κ2) is 10.3.